The lowest BCUT2D eigenvalue weighted by Crippen LogP contribution is -2.06. The first-order valence-electron chi connectivity index (χ1n) is 4.94. The van der Waals surface area contributed by atoms with Gasteiger partial charge in [0.2, 0.25) is 5.56 Å². The van der Waals surface area contributed by atoms with Crippen LogP contribution < -0.4 is 10.9 Å². The van der Waals surface area contributed by atoms with Crippen molar-refractivity contribution >= 4 is 16.6 Å². The molecule has 0 spiro atoms. The summed E-state index contributed by atoms with van der Waals surface area (Å²) in [5.41, 5.74) is 4.04. The SMILES string of the molecule is CNc1cc(C)c2[nH]c(=O)cc(C)c2c1. The molecule has 0 aliphatic rings. The highest BCUT2D eigenvalue weighted by Crippen LogP contribution is 2.22. The fourth-order valence-electron chi connectivity index (χ4n) is 1.84. The molecule has 0 saturated heterocycles. The van der Waals surface area contributed by atoms with Crippen LogP contribution in [-0.2, 0) is 0 Å². The Labute approximate surface area is 88.1 Å². The average Bonchev–Trinajstić information content (AvgIpc) is 2.19. The first-order valence-corrected chi connectivity index (χ1v) is 4.94. The smallest absolute Gasteiger partial charge is 0.248 e. The molecule has 0 radical (unpaired) electrons. The van der Waals surface area contributed by atoms with Crippen LogP contribution in [0.5, 0.6) is 0 Å². The molecule has 0 amide bonds. The van der Waals surface area contributed by atoms with Crippen LogP contribution in [0.15, 0.2) is 23.0 Å². The second kappa shape index (κ2) is 3.42. The van der Waals surface area contributed by atoms with Gasteiger partial charge in [0.25, 0.3) is 0 Å². The van der Waals surface area contributed by atoms with Crippen molar-refractivity contribution in [2.45, 2.75) is 13.8 Å². The van der Waals surface area contributed by atoms with E-state index >= 15 is 0 Å². The lowest BCUT2D eigenvalue weighted by atomic mass is 10.1. The van der Waals surface area contributed by atoms with E-state index in [9.17, 15) is 4.79 Å². The number of pyridine rings is 1. The van der Waals surface area contributed by atoms with Crippen molar-refractivity contribution in [1.82, 2.24) is 4.98 Å². The van der Waals surface area contributed by atoms with Crippen LogP contribution in [-0.4, -0.2) is 12.0 Å². The fourth-order valence-corrected chi connectivity index (χ4v) is 1.84. The Bertz CT molecular complexity index is 570. The van der Waals surface area contributed by atoms with Gasteiger partial charge in [-0.1, -0.05) is 0 Å². The molecule has 2 N–H and O–H groups in total. The molecule has 78 valence electrons. The van der Waals surface area contributed by atoms with Gasteiger partial charge in [-0.05, 0) is 37.1 Å². The summed E-state index contributed by atoms with van der Waals surface area (Å²) in [5, 5.41) is 4.21. The number of aryl methyl sites for hydroxylation is 2. The zero-order valence-electron chi connectivity index (χ0n) is 9.14. The molecule has 15 heavy (non-hydrogen) atoms. The van der Waals surface area contributed by atoms with Crippen molar-refractivity contribution in [3.8, 4) is 0 Å². The van der Waals surface area contributed by atoms with Crippen LogP contribution in [0, 0.1) is 13.8 Å². The normalized spacial score (nSPS) is 10.6. The molecule has 3 nitrogen and oxygen atoms in total. The van der Waals surface area contributed by atoms with Gasteiger partial charge < -0.3 is 10.3 Å². The van der Waals surface area contributed by atoms with Gasteiger partial charge in [0.15, 0.2) is 0 Å². The van der Waals surface area contributed by atoms with Gasteiger partial charge in [0.05, 0.1) is 5.52 Å². The number of aromatic amines is 1. The number of fused-ring (bicyclic) bond motifs is 1. The van der Waals surface area contributed by atoms with Gasteiger partial charge in [-0.3, -0.25) is 4.79 Å². The van der Waals surface area contributed by atoms with Crippen molar-refractivity contribution < 1.29 is 0 Å². The van der Waals surface area contributed by atoms with E-state index in [1.54, 1.807) is 6.07 Å². The van der Waals surface area contributed by atoms with E-state index in [4.69, 9.17) is 0 Å². The van der Waals surface area contributed by atoms with Crippen molar-refractivity contribution in [1.29, 1.82) is 0 Å². The summed E-state index contributed by atoms with van der Waals surface area (Å²) in [6, 6.07) is 5.70. The fraction of sp³-hybridized carbons (Fsp3) is 0.250. The Balaban J connectivity index is 2.91. The Morgan fingerprint density at radius 2 is 1.87 bits per heavy atom. The maximum absolute atomic E-state index is 11.3. The summed E-state index contributed by atoms with van der Waals surface area (Å²) in [6.07, 6.45) is 0. The molecule has 3 heteroatoms. The minimum absolute atomic E-state index is 0.0414. The van der Waals surface area contributed by atoms with Crippen molar-refractivity contribution in [2.75, 3.05) is 12.4 Å². The maximum Gasteiger partial charge on any atom is 0.248 e. The summed E-state index contributed by atoms with van der Waals surface area (Å²) in [4.78, 5) is 14.2. The van der Waals surface area contributed by atoms with Crippen molar-refractivity contribution in [2.24, 2.45) is 0 Å². The van der Waals surface area contributed by atoms with E-state index in [0.29, 0.717) is 0 Å². The van der Waals surface area contributed by atoms with E-state index in [-0.39, 0.29) is 5.56 Å². The molecule has 0 aliphatic carbocycles. The number of anilines is 1. The first kappa shape index (κ1) is 9.77. The second-order valence-corrected chi connectivity index (χ2v) is 3.78. The summed E-state index contributed by atoms with van der Waals surface area (Å²) in [6.45, 7) is 3.95. The van der Waals surface area contributed by atoms with Gasteiger partial charge in [0, 0.05) is 24.2 Å². The van der Waals surface area contributed by atoms with Gasteiger partial charge in [0.1, 0.15) is 0 Å². The molecular weight excluding hydrogens is 188 g/mol. The number of hydrogen-bond acceptors (Lipinski definition) is 2. The highest BCUT2D eigenvalue weighted by Gasteiger charge is 2.03. The predicted molar refractivity (Wildman–Crippen MR) is 63.6 cm³/mol. The molecule has 1 heterocycles. The monoisotopic (exact) mass is 202 g/mol. The number of H-pyrrole nitrogens is 1. The molecule has 2 aromatic rings. The summed E-state index contributed by atoms with van der Waals surface area (Å²) >= 11 is 0. The van der Waals surface area contributed by atoms with Gasteiger partial charge >= 0.3 is 0 Å². The summed E-state index contributed by atoms with van der Waals surface area (Å²) < 4.78 is 0. The van der Waals surface area contributed by atoms with Crippen molar-refractivity contribution in [3.63, 3.8) is 0 Å². The molecule has 0 unspecified atom stereocenters. The van der Waals surface area contributed by atoms with E-state index in [1.165, 1.54) is 0 Å². The van der Waals surface area contributed by atoms with Crippen LogP contribution in [0.3, 0.4) is 0 Å². The predicted octanol–water partition coefficient (Wildman–Crippen LogP) is 2.19. The third-order valence-electron chi connectivity index (χ3n) is 2.64. The van der Waals surface area contributed by atoms with E-state index < -0.39 is 0 Å². The van der Waals surface area contributed by atoms with Crippen LogP contribution in [0.2, 0.25) is 0 Å². The van der Waals surface area contributed by atoms with Crippen LogP contribution >= 0.6 is 0 Å². The third kappa shape index (κ3) is 1.61. The number of benzene rings is 1. The Morgan fingerprint density at radius 1 is 1.13 bits per heavy atom. The van der Waals surface area contributed by atoms with E-state index in [2.05, 4.69) is 10.3 Å². The second-order valence-electron chi connectivity index (χ2n) is 3.78. The van der Waals surface area contributed by atoms with Gasteiger partial charge in [-0.25, -0.2) is 0 Å². The first-order chi connectivity index (χ1) is 7.11. The molecule has 0 fully saturated rings. The maximum atomic E-state index is 11.3. The number of rotatable bonds is 1. The third-order valence-corrected chi connectivity index (χ3v) is 2.64. The average molecular weight is 202 g/mol. The Kier molecular flexibility index (Phi) is 2.23. The van der Waals surface area contributed by atoms with Gasteiger partial charge in [-0.2, -0.15) is 0 Å². The zero-order chi connectivity index (χ0) is 11.0. The van der Waals surface area contributed by atoms with Crippen LogP contribution in [0.25, 0.3) is 10.9 Å². The Hall–Kier alpha value is -1.77. The molecule has 1 aromatic heterocycles. The molecule has 0 atom stereocenters. The molecule has 1 aromatic carbocycles. The van der Waals surface area contributed by atoms with E-state index in [1.807, 2.05) is 33.0 Å². The topological polar surface area (TPSA) is 44.9 Å². The largest absolute Gasteiger partial charge is 0.388 e. The minimum atomic E-state index is -0.0414. The molecule has 0 saturated carbocycles. The quantitative estimate of drug-likeness (QED) is 0.744. The molecular formula is C12H14N2O. The number of hydrogen-bond donors (Lipinski definition) is 2. The van der Waals surface area contributed by atoms with E-state index in [0.717, 1.165) is 27.7 Å². The highest BCUT2D eigenvalue weighted by molar-refractivity contribution is 5.87. The molecule has 0 aliphatic heterocycles. The van der Waals surface area contributed by atoms with Crippen LogP contribution in [0.1, 0.15) is 11.1 Å². The molecule has 0 bridgehead atoms. The van der Waals surface area contributed by atoms with Crippen molar-refractivity contribution in [3.05, 3.63) is 39.7 Å². The lowest BCUT2D eigenvalue weighted by molar-refractivity contribution is 1.26. The summed E-state index contributed by atoms with van der Waals surface area (Å²) in [5.74, 6) is 0. The number of aromatic nitrogens is 1. The molecule has 2 rings (SSSR count). The lowest BCUT2D eigenvalue weighted by Gasteiger charge is -2.08. The van der Waals surface area contributed by atoms with Gasteiger partial charge in [-0.15, -0.1) is 0 Å². The minimum Gasteiger partial charge on any atom is -0.388 e. The highest BCUT2D eigenvalue weighted by atomic mass is 16.1. The summed E-state index contributed by atoms with van der Waals surface area (Å²) in [7, 11) is 1.89. The number of nitrogens with one attached hydrogen (secondary N) is 2. The zero-order valence-corrected chi connectivity index (χ0v) is 9.14. The Morgan fingerprint density at radius 3 is 2.53 bits per heavy atom. The standard InChI is InChI=1S/C12H14N2O/c1-7-5-11(15)14-12-8(2)4-9(13-3)6-10(7)12/h4-6,13H,1-3H3,(H,14,15). The van der Waals surface area contributed by atoms with Crippen LogP contribution in [0.4, 0.5) is 5.69 Å².